The van der Waals surface area contributed by atoms with E-state index in [2.05, 4.69) is 10.9 Å². The average molecular weight is 147 g/mol. The predicted molar refractivity (Wildman–Crippen MR) is 34.8 cm³/mol. The number of hydrogen-bond acceptors (Lipinski definition) is 4. The van der Waals surface area contributed by atoms with Gasteiger partial charge in [0.25, 0.3) is 0 Å². The molecule has 10 heavy (non-hydrogen) atoms. The van der Waals surface area contributed by atoms with Crippen LogP contribution in [0.1, 0.15) is 0 Å². The van der Waals surface area contributed by atoms with E-state index in [0.717, 1.165) is 0 Å². The van der Waals surface area contributed by atoms with Crippen LogP contribution in [0.2, 0.25) is 0 Å². The number of carbonyl (C=O) groups excluding carboxylic acids is 1. The van der Waals surface area contributed by atoms with E-state index in [4.69, 9.17) is 11.5 Å². The van der Waals surface area contributed by atoms with Gasteiger partial charge in [0.15, 0.2) is 0 Å². The lowest BCUT2D eigenvalue weighted by Crippen LogP contribution is -2.46. The monoisotopic (exact) mass is 147 g/mol. The molecule has 0 fully saturated rings. The van der Waals surface area contributed by atoms with Gasteiger partial charge >= 0.3 is 6.03 Å². The van der Waals surface area contributed by atoms with Crippen LogP contribution >= 0.6 is 0 Å². The van der Waals surface area contributed by atoms with Crippen LogP contribution < -0.4 is 33.7 Å². The molecule has 0 saturated carbocycles. The number of hydrogen-bond donors (Lipinski definition) is 6. The summed E-state index contributed by atoms with van der Waals surface area (Å²) in [7, 11) is 0. The molecule has 8 nitrogen and oxygen atoms in total. The molecule has 0 aliphatic heterocycles. The van der Waals surface area contributed by atoms with Crippen LogP contribution in [0.3, 0.4) is 0 Å². The van der Waals surface area contributed by atoms with Crippen LogP contribution in [0.4, 0.5) is 4.79 Å². The number of urea groups is 1. The van der Waals surface area contributed by atoms with Crippen LogP contribution in [-0.4, -0.2) is 12.0 Å². The summed E-state index contributed by atoms with van der Waals surface area (Å²) in [4.78, 5) is 10.2. The number of hydrazine groups is 2. The lowest BCUT2D eigenvalue weighted by molar-refractivity contribution is 0.237. The summed E-state index contributed by atoms with van der Waals surface area (Å²) >= 11 is 0. The highest BCUT2D eigenvalue weighted by Gasteiger charge is 1.89. The molecule has 0 aliphatic rings. The fourth-order valence-electron chi connectivity index (χ4n) is 0.179. The summed E-state index contributed by atoms with van der Waals surface area (Å²) in [5.41, 5.74) is 15.6. The molecule has 8 heteroatoms. The Hall–Kier alpha value is -1.70. The van der Waals surface area contributed by atoms with Gasteiger partial charge in [-0.25, -0.2) is 21.6 Å². The SMILES string of the molecule is NNC(=O)NNN=C(N)N. The average Bonchev–Trinajstić information content (AvgIpc) is 1.87. The number of rotatable bonds is 2. The maximum absolute atomic E-state index is 10.2. The second-order valence-electron chi connectivity index (χ2n) is 1.25. The lowest BCUT2D eigenvalue weighted by atomic mass is 11.1. The van der Waals surface area contributed by atoms with Crippen LogP contribution in [0.15, 0.2) is 5.10 Å². The first kappa shape index (κ1) is 8.30. The quantitative estimate of drug-likeness (QED) is 0.0803. The van der Waals surface area contributed by atoms with Gasteiger partial charge in [0.05, 0.1) is 0 Å². The number of nitrogens with two attached hydrogens (primary N) is 3. The van der Waals surface area contributed by atoms with Gasteiger partial charge in [-0.1, -0.05) is 0 Å². The third-order valence-electron chi connectivity index (χ3n) is 0.486. The Labute approximate surface area is 56.7 Å². The van der Waals surface area contributed by atoms with E-state index in [0.29, 0.717) is 0 Å². The number of amides is 2. The number of guanidine groups is 1. The van der Waals surface area contributed by atoms with Gasteiger partial charge in [-0.05, 0) is 0 Å². The van der Waals surface area contributed by atoms with Gasteiger partial charge in [-0.15, -0.1) is 5.10 Å². The van der Waals surface area contributed by atoms with E-state index < -0.39 is 6.03 Å². The summed E-state index contributed by atoms with van der Waals surface area (Å²) < 4.78 is 0. The van der Waals surface area contributed by atoms with Gasteiger partial charge in [0, 0.05) is 0 Å². The van der Waals surface area contributed by atoms with Gasteiger partial charge < -0.3 is 11.5 Å². The van der Waals surface area contributed by atoms with Gasteiger partial charge in [-0.2, -0.15) is 0 Å². The van der Waals surface area contributed by atoms with E-state index in [1.165, 1.54) is 0 Å². The van der Waals surface area contributed by atoms with Crippen LogP contribution in [0, 0.1) is 0 Å². The molecule has 0 aromatic heterocycles. The zero-order chi connectivity index (χ0) is 7.98. The van der Waals surface area contributed by atoms with Crippen molar-refractivity contribution in [1.29, 1.82) is 0 Å². The highest BCUT2D eigenvalue weighted by atomic mass is 16.2. The van der Waals surface area contributed by atoms with Crippen LogP contribution in [0.25, 0.3) is 0 Å². The van der Waals surface area contributed by atoms with E-state index in [-0.39, 0.29) is 5.96 Å². The van der Waals surface area contributed by atoms with E-state index in [1.807, 2.05) is 11.0 Å². The fourth-order valence-corrected chi connectivity index (χ4v) is 0.179. The largest absolute Gasteiger partial charge is 0.369 e. The topological polar surface area (TPSA) is 144 Å². The minimum atomic E-state index is -0.648. The van der Waals surface area contributed by atoms with Crippen molar-refractivity contribution in [3.8, 4) is 0 Å². The molecule has 0 aromatic carbocycles. The Kier molecular flexibility index (Phi) is 3.49. The number of hydrazone groups is 1. The first-order valence-corrected chi connectivity index (χ1v) is 2.27. The molecule has 0 heterocycles. The first-order valence-electron chi connectivity index (χ1n) is 2.27. The molecular formula is C2H9N7O. The molecule has 0 aromatic rings. The second kappa shape index (κ2) is 4.21. The van der Waals surface area contributed by atoms with E-state index in [9.17, 15) is 4.79 Å². The highest BCUT2D eigenvalue weighted by molar-refractivity contribution is 5.76. The molecule has 58 valence electrons. The molecule has 0 atom stereocenters. The predicted octanol–water partition coefficient (Wildman–Crippen LogP) is -3.15. The van der Waals surface area contributed by atoms with Gasteiger partial charge in [0.1, 0.15) is 0 Å². The maximum Gasteiger partial charge on any atom is 0.348 e. The second-order valence-corrected chi connectivity index (χ2v) is 1.25. The molecule has 0 aliphatic carbocycles. The summed E-state index contributed by atoms with van der Waals surface area (Å²) in [5.74, 6) is 4.48. The molecule has 0 spiro atoms. The zero-order valence-electron chi connectivity index (χ0n) is 5.09. The summed E-state index contributed by atoms with van der Waals surface area (Å²) in [6, 6.07) is -0.648. The fraction of sp³-hybridized carbons (Fsp3) is 0. The minimum absolute atomic E-state index is 0.197. The summed E-state index contributed by atoms with van der Waals surface area (Å²) in [6.07, 6.45) is 0. The van der Waals surface area contributed by atoms with Crippen LogP contribution in [0.5, 0.6) is 0 Å². The normalized spacial score (nSPS) is 7.70. The van der Waals surface area contributed by atoms with Crippen LogP contribution in [-0.2, 0) is 0 Å². The number of nitrogens with one attached hydrogen (secondary N) is 3. The van der Waals surface area contributed by atoms with Crippen molar-refractivity contribution < 1.29 is 4.79 Å². The lowest BCUT2D eigenvalue weighted by Gasteiger charge is -2.00. The van der Waals surface area contributed by atoms with E-state index in [1.54, 1.807) is 5.43 Å². The third kappa shape index (κ3) is 4.46. The van der Waals surface area contributed by atoms with Crippen molar-refractivity contribution in [3.05, 3.63) is 0 Å². The highest BCUT2D eigenvalue weighted by Crippen LogP contribution is 1.53. The minimum Gasteiger partial charge on any atom is -0.369 e. The van der Waals surface area contributed by atoms with Crippen molar-refractivity contribution in [2.24, 2.45) is 22.4 Å². The van der Waals surface area contributed by atoms with Crippen molar-refractivity contribution >= 4 is 12.0 Å². The third-order valence-corrected chi connectivity index (χ3v) is 0.486. The maximum atomic E-state index is 10.2. The molecule has 0 radical (unpaired) electrons. The summed E-state index contributed by atoms with van der Waals surface area (Å²) in [5, 5.41) is 3.21. The Balaban J connectivity index is 3.37. The molecule has 2 amide bonds. The van der Waals surface area contributed by atoms with Crippen molar-refractivity contribution in [3.63, 3.8) is 0 Å². The number of nitrogens with zero attached hydrogens (tertiary/aromatic N) is 1. The number of carbonyl (C=O) groups is 1. The molecule has 0 unspecified atom stereocenters. The van der Waals surface area contributed by atoms with Crippen molar-refractivity contribution in [2.45, 2.75) is 0 Å². The zero-order valence-corrected chi connectivity index (χ0v) is 5.09. The molecular weight excluding hydrogens is 138 g/mol. The van der Waals surface area contributed by atoms with Crippen molar-refractivity contribution in [1.82, 2.24) is 16.4 Å². The Bertz CT molecular complexity index is 137. The standard InChI is InChI=1S/C2H9N7O/c3-1(4)7-9-8-2(10)6-5/h9H,5H2,(H4,3,4,7)(H2,6,8,10). The van der Waals surface area contributed by atoms with Crippen molar-refractivity contribution in [2.75, 3.05) is 0 Å². The Morgan fingerprint density at radius 2 is 2.00 bits per heavy atom. The molecule has 9 N–H and O–H groups in total. The molecule has 0 rings (SSSR count). The van der Waals surface area contributed by atoms with Gasteiger partial charge in [0.2, 0.25) is 5.96 Å². The molecule has 0 saturated heterocycles. The van der Waals surface area contributed by atoms with Gasteiger partial charge in [-0.3, -0.25) is 5.43 Å². The smallest absolute Gasteiger partial charge is 0.348 e. The van der Waals surface area contributed by atoms with E-state index >= 15 is 0 Å². The Morgan fingerprint density at radius 3 is 2.40 bits per heavy atom. The Morgan fingerprint density at radius 1 is 1.40 bits per heavy atom. The first-order chi connectivity index (χ1) is 4.66. The molecule has 0 bridgehead atoms. The summed E-state index contributed by atoms with van der Waals surface area (Å²) in [6.45, 7) is 0.